The lowest BCUT2D eigenvalue weighted by molar-refractivity contribution is 0.602. The molecule has 0 aliphatic carbocycles. The van der Waals surface area contributed by atoms with Crippen LogP contribution < -0.4 is 5.32 Å². The smallest absolute Gasteiger partial charge is 0.175 e. The number of hydrogen-bond donors (Lipinski definition) is 1. The standard InChI is InChI=1S/C12H12N2O2S/c1-17(15,16)11-6-4-5-10(9-11)14-12-7-2-3-8-13-12/h2-9H,1H3,(H,13,14). The molecule has 2 rings (SSSR count). The number of aromatic nitrogens is 1. The SMILES string of the molecule is CS(=O)(=O)c1cccc(Nc2ccccn2)c1. The van der Waals surface area contributed by atoms with Crippen LogP contribution in [0, 0.1) is 0 Å². The van der Waals surface area contributed by atoms with E-state index in [1.54, 1.807) is 30.5 Å². The molecule has 2 aromatic rings. The normalized spacial score (nSPS) is 11.1. The van der Waals surface area contributed by atoms with Crippen LogP contribution in [0.15, 0.2) is 53.6 Å². The van der Waals surface area contributed by atoms with Crippen molar-refractivity contribution in [3.63, 3.8) is 0 Å². The number of nitrogens with one attached hydrogen (secondary N) is 1. The fourth-order valence-corrected chi connectivity index (χ4v) is 2.06. The zero-order valence-corrected chi connectivity index (χ0v) is 10.1. The summed E-state index contributed by atoms with van der Waals surface area (Å²) in [6, 6.07) is 12.1. The first-order valence-corrected chi connectivity index (χ1v) is 6.93. The van der Waals surface area contributed by atoms with Gasteiger partial charge in [-0.15, -0.1) is 0 Å². The van der Waals surface area contributed by atoms with Gasteiger partial charge in [0.05, 0.1) is 4.90 Å². The predicted molar refractivity (Wildman–Crippen MR) is 67.1 cm³/mol. The summed E-state index contributed by atoms with van der Waals surface area (Å²) in [5.74, 6) is 0.679. The highest BCUT2D eigenvalue weighted by Crippen LogP contribution is 2.18. The van der Waals surface area contributed by atoms with Crippen LogP contribution in [-0.4, -0.2) is 19.7 Å². The first-order chi connectivity index (χ1) is 8.05. The Hall–Kier alpha value is -1.88. The van der Waals surface area contributed by atoms with Crippen LogP contribution in [0.5, 0.6) is 0 Å². The minimum atomic E-state index is -3.18. The van der Waals surface area contributed by atoms with E-state index in [4.69, 9.17) is 0 Å². The molecule has 0 radical (unpaired) electrons. The van der Waals surface area contributed by atoms with Crippen LogP contribution in [0.3, 0.4) is 0 Å². The lowest BCUT2D eigenvalue weighted by Crippen LogP contribution is -1.98. The molecule has 0 saturated heterocycles. The Morgan fingerprint density at radius 1 is 1.12 bits per heavy atom. The van der Waals surface area contributed by atoms with Crippen molar-refractivity contribution in [2.24, 2.45) is 0 Å². The number of anilines is 2. The summed E-state index contributed by atoms with van der Waals surface area (Å²) >= 11 is 0. The summed E-state index contributed by atoms with van der Waals surface area (Å²) in [5.41, 5.74) is 0.701. The van der Waals surface area contributed by atoms with E-state index in [0.29, 0.717) is 16.4 Å². The van der Waals surface area contributed by atoms with E-state index in [-0.39, 0.29) is 0 Å². The lowest BCUT2D eigenvalue weighted by Gasteiger charge is -2.06. The van der Waals surface area contributed by atoms with E-state index >= 15 is 0 Å². The highest BCUT2D eigenvalue weighted by atomic mass is 32.2. The summed E-state index contributed by atoms with van der Waals surface area (Å²) < 4.78 is 22.8. The van der Waals surface area contributed by atoms with Gasteiger partial charge in [-0.2, -0.15) is 0 Å². The minimum Gasteiger partial charge on any atom is -0.340 e. The number of rotatable bonds is 3. The minimum absolute atomic E-state index is 0.290. The van der Waals surface area contributed by atoms with Gasteiger partial charge in [0.15, 0.2) is 9.84 Å². The molecule has 1 aromatic carbocycles. The lowest BCUT2D eigenvalue weighted by atomic mass is 10.3. The van der Waals surface area contributed by atoms with Gasteiger partial charge in [0.25, 0.3) is 0 Å². The van der Waals surface area contributed by atoms with Crippen molar-refractivity contribution in [2.45, 2.75) is 4.90 Å². The first-order valence-electron chi connectivity index (χ1n) is 5.04. The molecule has 1 aromatic heterocycles. The fourth-order valence-electron chi connectivity index (χ4n) is 1.39. The van der Waals surface area contributed by atoms with Gasteiger partial charge in [-0.3, -0.25) is 0 Å². The van der Waals surface area contributed by atoms with E-state index in [0.717, 1.165) is 0 Å². The molecule has 17 heavy (non-hydrogen) atoms. The molecule has 1 N–H and O–H groups in total. The molecular formula is C12H12N2O2S. The number of hydrogen-bond acceptors (Lipinski definition) is 4. The summed E-state index contributed by atoms with van der Waals surface area (Å²) in [6.45, 7) is 0. The van der Waals surface area contributed by atoms with Gasteiger partial charge in [0, 0.05) is 18.1 Å². The van der Waals surface area contributed by atoms with Crippen molar-refractivity contribution in [1.82, 2.24) is 4.98 Å². The van der Waals surface area contributed by atoms with Crippen LogP contribution in [0.25, 0.3) is 0 Å². The molecule has 0 saturated carbocycles. The summed E-state index contributed by atoms with van der Waals surface area (Å²) in [4.78, 5) is 4.40. The second kappa shape index (κ2) is 4.55. The van der Waals surface area contributed by atoms with E-state index in [9.17, 15) is 8.42 Å². The molecule has 0 fully saturated rings. The molecule has 88 valence electrons. The summed E-state index contributed by atoms with van der Waals surface area (Å²) in [6.07, 6.45) is 2.86. The third kappa shape index (κ3) is 3.04. The van der Waals surface area contributed by atoms with Gasteiger partial charge in [0.1, 0.15) is 5.82 Å². The Kier molecular flexibility index (Phi) is 3.10. The van der Waals surface area contributed by atoms with Gasteiger partial charge in [-0.05, 0) is 30.3 Å². The van der Waals surface area contributed by atoms with E-state index in [2.05, 4.69) is 10.3 Å². The maximum Gasteiger partial charge on any atom is 0.175 e. The van der Waals surface area contributed by atoms with E-state index in [1.807, 2.05) is 18.2 Å². The summed E-state index contributed by atoms with van der Waals surface area (Å²) in [7, 11) is -3.18. The molecule has 0 bridgehead atoms. The van der Waals surface area contributed by atoms with Crippen LogP contribution in [-0.2, 0) is 9.84 Å². The maximum absolute atomic E-state index is 11.4. The fraction of sp³-hybridized carbons (Fsp3) is 0.0833. The number of benzene rings is 1. The molecule has 0 aliphatic rings. The monoisotopic (exact) mass is 248 g/mol. The second-order valence-electron chi connectivity index (χ2n) is 3.64. The quantitative estimate of drug-likeness (QED) is 0.904. The van der Waals surface area contributed by atoms with Gasteiger partial charge < -0.3 is 5.32 Å². The van der Waals surface area contributed by atoms with Crippen molar-refractivity contribution in [3.05, 3.63) is 48.7 Å². The van der Waals surface area contributed by atoms with Crippen molar-refractivity contribution in [1.29, 1.82) is 0 Å². The van der Waals surface area contributed by atoms with Crippen LogP contribution in [0.2, 0.25) is 0 Å². The molecule has 4 nitrogen and oxygen atoms in total. The second-order valence-corrected chi connectivity index (χ2v) is 5.66. The Labute approximate surface area is 100 Å². The number of pyridine rings is 1. The van der Waals surface area contributed by atoms with Gasteiger partial charge in [-0.1, -0.05) is 12.1 Å². The average molecular weight is 248 g/mol. The Morgan fingerprint density at radius 2 is 1.94 bits per heavy atom. The summed E-state index contributed by atoms with van der Waals surface area (Å²) in [5, 5.41) is 3.04. The highest BCUT2D eigenvalue weighted by Gasteiger charge is 2.07. The third-order valence-electron chi connectivity index (χ3n) is 2.20. The Bertz CT molecular complexity index is 609. The van der Waals surface area contributed by atoms with Crippen molar-refractivity contribution >= 4 is 21.3 Å². The van der Waals surface area contributed by atoms with Crippen LogP contribution >= 0.6 is 0 Å². The van der Waals surface area contributed by atoms with Crippen molar-refractivity contribution in [3.8, 4) is 0 Å². The van der Waals surface area contributed by atoms with Gasteiger partial charge in [0.2, 0.25) is 0 Å². The predicted octanol–water partition coefficient (Wildman–Crippen LogP) is 2.23. The molecule has 0 unspecified atom stereocenters. The number of sulfone groups is 1. The zero-order chi connectivity index (χ0) is 12.3. The molecule has 0 spiro atoms. The molecule has 0 aliphatic heterocycles. The Morgan fingerprint density at radius 3 is 2.59 bits per heavy atom. The molecule has 0 amide bonds. The molecular weight excluding hydrogens is 236 g/mol. The third-order valence-corrected chi connectivity index (χ3v) is 3.31. The first kappa shape index (κ1) is 11.6. The number of nitrogens with zero attached hydrogens (tertiary/aromatic N) is 1. The molecule has 0 atom stereocenters. The maximum atomic E-state index is 11.4. The average Bonchev–Trinajstić information content (AvgIpc) is 2.29. The van der Waals surface area contributed by atoms with Crippen LogP contribution in [0.1, 0.15) is 0 Å². The van der Waals surface area contributed by atoms with Crippen LogP contribution in [0.4, 0.5) is 11.5 Å². The van der Waals surface area contributed by atoms with Crippen molar-refractivity contribution < 1.29 is 8.42 Å². The van der Waals surface area contributed by atoms with Gasteiger partial charge in [-0.25, -0.2) is 13.4 Å². The zero-order valence-electron chi connectivity index (χ0n) is 9.29. The Balaban J connectivity index is 2.29. The van der Waals surface area contributed by atoms with Gasteiger partial charge >= 0.3 is 0 Å². The van der Waals surface area contributed by atoms with Crippen molar-refractivity contribution in [2.75, 3.05) is 11.6 Å². The topological polar surface area (TPSA) is 59.1 Å². The molecule has 1 heterocycles. The van der Waals surface area contributed by atoms with E-state index in [1.165, 1.54) is 6.26 Å². The van der Waals surface area contributed by atoms with E-state index < -0.39 is 9.84 Å². The highest BCUT2D eigenvalue weighted by molar-refractivity contribution is 7.90. The molecule has 5 heteroatoms. The largest absolute Gasteiger partial charge is 0.340 e.